The van der Waals surface area contributed by atoms with Gasteiger partial charge in [0.25, 0.3) is 5.88 Å². The van der Waals surface area contributed by atoms with Crippen molar-refractivity contribution in [3.63, 3.8) is 0 Å². The van der Waals surface area contributed by atoms with Gasteiger partial charge in [-0.25, -0.2) is 4.98 Å². The standard InChI is InChI=1S/C41H70N12O8/c1-7-8-10-32-48-36-37(41(61-28(4)5)51-50-38(36)42)53(32)26-31-15-13-30(14-16-31)25-45-39(56)29(6)47-40(57)35(27(2)3)49-34(55)12-9-11-33(54)44-17-19-58-21-23-60-24-22-59-20-18-46-52-43/h27-31,35H,7-26H2,1-6H3,(H2,42,50)(H,44,54)(H,45,56)(H,47,57)(H,49,55)/t29-,30?,31?,35-/m0/s1. The SMILES string of the molecule is CCCCc1nc2c(N)nnc(OC(C)C)c2n1CC1CCC(CNC(=O)[C@H](C)NC(=O)[C@@H](NC(=O)CCCC(=O)NCCOCCOCCOCCN=[N+]=[N-])C(C)C)CC1. The first-order valence-electron chi connectivity index (χ1n) is 21.9. The molecular formula is C41H70N12O8. The van der Waals surface area contributed by atoms with Gasteiger partial charge in [-0.15, -0.1) is 10.2 Å². The summed E-state index contributed by atoms with van der Waals surface area (Å²) in [5.74, 6) is 0.940. The Hall–Kier alpha value is -4.78. The van der Waals surface area contributed by atoms with Gasteiger partial charge in [-0.1, -0.05) is 32.3 Å². The van der Waals surface area contributed by atoms with Gasteiger partial charge in [0, 0.05) is 50.4 Å². The minimum Gasteiger partial charge on any atom is -0.472 e. The van der Waals surface area contributed by atoms with E-state index in [1.807, 2.05) is 27.7 Å². The molecule has 2 aromatic heterocycles. The van der Waals surface area contributed by atoms with E-state index in [1.165, 1.54) is 0 Å². The molecule has 3 rings (SSSR count). The van der Waals surface area contributed by atoms with E-state index < -0.39 is 18.0 Å². The van der Waals surface area contributed by atoms with Gasteiger partial charge in [0.2, 0.25) is 23.6 Å². The van der Waals surface area contributed by atoms with Gasteiger partial charge in [0.05, 0.1) is 45.7 Å². The third-order valence-electron chi connectivity index (χ3n) is 10.4. The summed E-state index contributed by atoms with van der Waals surface area (Å²) in [5, 5.41) is 23.1. The molecule has 20 nitrogen and oxygen atoms in total. The summed E-state index contributed by atoms with van der Waals surface area (Å²) in [7, 11) is 0. The number of azide groups is 1. The Morgan fingerprint density at radius 2 is 1.51 bits per heavy atom. The van der Waals surface area contributed by atoms with Crippen LogP contribution >= 0.6 is 0 Å². The lowest BCUT2D eigenvalue weighted by molar-refractivity contribution is -0.132. The van der Waals surface area contributed by atoms with E-state index in [-0.39, 0.29) is 49.1 Å². The second kappa shape index (κ2) is 27.9. The molecule has 2 aromatic rings. The number of amides is 4. The second-order valence-corrected chi connectivity index (χ2v) is 16.1. The van der Waals surface area contributed by atoms with E-state index in [0.717, 1.165) is 62.8 Å². The first kappa shape index (κ1) is 50.6. The molecule has 0 bridgehead atoms. The molecule has 0 radical (unpaired) electrons. The first-order chi connectivity index (χ1) is 29.3. The lowest BCUT2D eigenvalue weighted by Crippen LogP contribution is -2.54. The predicted octanol–water partition coefficient (Wildman–Crippen LogP) is 3.75. The largest absolute Gasteiger partial charge is 0.472 e. The molecule has 4 amide bonds. The van der Waals surface area contributed by atoms with Crippen LogP contribution in [0.5, 0.6) is 5.88 Å². The van der Waals surface area contributed by atoms with Crippen LogP contribution in [0.4, 0.5) is 5.82 Å². The number of hydrogen-bond acceptors (Lipinski definition) is 13. The summed E-state index contributed by atoms with van der Waals surface area (Å²) in [6.07, 6.45) is 7.21. The molecule has 0 aliphatic heterocycles. The van der Waals surface area contributed by atoms with Crippen LogP contribution in [-0.2, 0) is 46.4 Å². The highest BCUT2D eigenvalue weighted by molar-refractivity contribution is 5.92. The highest BCUT2D eigenvalue weighted by atomic mass is 16.5. The Bertz CT molecular complexity index is 1710. The van der Waals surface area contributed by atoms with Gasteiger partial charge in [0.1, 0.15) is 28.9 Å². The fraction of sp³-hybridized carbons (Fsp3) is 0.780. The van der Waals surface area contributed by atoms with E-state index in [1.54, 1.807) is 6.92 Å². The molecule has 0 saturated heterocycles. The average Bonchev–Trinajstić information content (AvgIpc) is 3.59. The summed E-state index contributed by atoms with van der Waals surface area (Å²) in [6, 6.07) is -1.63. The van der Waals surface area contributed by atoms with Crippen molar-refractivity contribution >= 4 is 40.5 Å². The minimum atomic E-state index is -0.837. The van der Waals surface area contributed by atoms with Crippen LogP contribution in [0, 0.1) is 17.8 Å². The molecule has 1 aliphatic carbocycles. The summed E-state index contributed by atoms with van der Waals surface area (Å²) in [6.45, 7) is 15.4. The third kappa shape index (κ3) is 18.4. The number of aromatic nitrogens is 4. The van der Waals surface area contributed by atoms with Crippen molar-refractivity contribution < 1.29 is 38.1 Å². The number of nitrogens with two attached hydrogens (primary N) is 1. The Labute approximate surface area is 359 Å². The number of nitrogen functional groups attached to an aromatic ring is 1. The maximum absolute atomic E-state index is 13.2. The van der Waals surface area contributed by atoms with Crippen molar-refractivity contribution in [2.24, 2.45) is 22.9 Å². The molecule has 0 aromatic carbocycles. The van der Waals surface area contributed by atoms with Gasteiger partial charge >= 0.3 is 0 Å². The average molecular weight is 859 g/mol. The maximum atomic E-state index is 13.2. The summed E-state index contributed by atoms with van der Waals surface area (Å²) < 4.78 is 24.3. The molecule has 1 fully saturated rings. The van der Waals surface area contributed by atoms with Gasteiger partial charge in [0.15, 0.2) is 5.82 Å². The Balaban J connectivity index is 1.33. The van der Waals surface area contributed by atoms with Crippen LogP contribution in [0.15, 0.2) is 5.11 Å². The molecule has 1 aliphatic rings. The zero-order valence-corrected chi connectivity index (χ0v) is 37.1. The predicted molar refractivity (Wildman–Crippen MR) is 230 cm³/mol. The highest BCUT2D eigenvalue weighted by Crippen LogP contribution is 2.34. The molecule has 61 heavy (non-hydrogen) atoms. The number of nitrogens with one attached hydrogen (secondary N) is 4. The van der Waals surface area contributed by atoms with E-state index in [2.05, 4.69) is 53.0 Å². The van der Waals surface area contributed by atoms with Crippen molar-refractivity contribution in [3.05, 3.63) is 16.3 Å². The van der Waals surface area contributed by atoms with Gasteiger partial charge < -0.3 is 50.5 Å². The molecule has 2 atom stereocenters. The molecular weight excluding hydrogens is 789 g/mol. The number of carbonyl (C=O) groups excluding carboxylic acids is 4. The van der Waals surface area contributed by atoms with Crippen LogP contribution < -0.4 is 31.7 Å². The molecule has 20 heteroatoms. The van der Waals surface area contributed by atoms with Crippen molar-refractivity contribution in [3.8, 4) is 5.88 Å². The monoisotopic (exact) mass is 859 g/mol. The lowest BCUT2D eigenvalue weighted by Gasteiger charge is -2.30. The topological polar surface area (TPSA) is 272 Å². The highest BCUT2D eigenvalue weighted by Gasteiger charge is 2.29. The van der Waals surface area contributed by atoms with Crippen molar-refractivity contribution in [1.29, 1.82) is 0 Å². The zero-order chi connectivity index (χ0) is 44.6. The molecule has 0 unspecified atom stereocenters. The van der Waals surface area contributed by atoms with Crippen LogP contribution in [0.2, 0.25) is 0 Å². The van der Waals surface area contributed by atoms with Gasteiger partial charge in [-0.05, 0) is 82.6 Å². The molecule has 342 valence electrons. The number of carbonyl (C=O) groups is 4. The number of anilines is 1. The number of rotatable bonds is 30. The fourth-order valence-electron chi connectivity index (χ4n) is 6.99. The molecule has 2 heterocycles. The summed E-state index contributed by atoms with van der Waals surface area (Å²) in [5.41, 5.74) is 15.9. The molecule has 0 spiro atoms. The number of ether oxygens (including phenoxy) is 4. The molecule has 6 N–H and O–H groups in total. The van der Waals surface area contributed by atoms with E-state index in [4.69, 9.17) is 35.2 Å². The van der Waals surface area contributed by atoms with Crippen molar-refractivity contribution in [1.82, 2.24) is 41.0 Å². The number of unbranched alkanes of at least 4 members (excludes halogenated alkanes) is 1. The van der Waals surface area contributed by atoms with E-state index >= 15 is 0 Å². The van der Waals surface area contributed by atoms with Crippen molar-refractivity contribution in [2.45, 2.75) is 130 Å². The quantitative estimate of drug-likeness (QED) is 0.0325. The molecule has 1 saturated carbocycles. The van der Waals surface area contributed by atoms with E-state index in [0.29, 0.717) is 88.2 Å². The Morgan fingerprint density at radius 3 is 2.16 bits per heavy atom. The third-order valence-corrected chi connectivity index (χ3v) is 10.4. The maximum Gasteiger partial charge on any atom is 0.260 e. The van der Waals surface area contributed by atoms with Crippen LogP contribution in [0.3, 0.4) is 0 Å². The minimum absolute atomic E-state index is 0.0706. The Kier molecular flexibility index (Phi) is 23.2. The lowest BCUT2D eigenvalue weighted by atomic mass is 9.82. The number of hydrogen-bond donors (Lipinski definition) is 5. The van der Waals surface area contributed by atoms with Crippen LogP contribution in [0.1, 0.15) is 105 Å². The van der Waals surface area contributed by atoms with Crippen LogP contribution in [-0.4, -0.2) is 121 Å². The summed E-state index contributed by atoms with van der Waals surface area (Å²) in [4.78, 5) is 58.8. The zero-order valence-electron chi connectivity index (χ0n) is 37.1. The van der Waals surface area contributed by atoms with Gasteiger partial charge in [-0.3, -0.25) is 19.2 Å². The fourth-order valence-corrected chi connectivity index (χ4v) is 6.99. The number of imidazole rings is 1. The smallest absolute Gasteiger partial charge is 0.260 e. The second-order valence-electron chi connectivity index (χ2n) is 16.1. The van der Waals surface area contributed by atoms with E-state index in [9.17, 15) is 19.2 Å². The number of nitrogens with zero attached hydrogens (tertiary/aromatic N) is 7. The normalized spacial score (nSPS) is 16.2. The van der Waals surface area contributed by atoms with Crippen molar-refractivity contribution in [2.75, 3.05) is 65.0 Å². The van der Waals surface area contributed by atoms with Gasteiger partial charge in [-0.2, -0.15) is 0 Å². The summed E-state index contributed by atoms with van der Waals surface area (Å²) >= 11 is 0. The number of fused-ring (bicyclic) bond motifs is 1. The Morgan fingerprint density at radius 1 is 0.852 bits per heavy atom. The van der Waals surface area contributed by atoms with Crippen LogP contribution in [0.25, 0.3) is 21.5 Å². The first-order valence-corrected chi connectivity index (χ1v) is 21.9. The number of aryl methyl sites for hydroxylation is 1.